The van der Waals surface area contributed by atoms with Gasteiger partial charge in [-0.1, -0.05) is 18.2 Å². The van der Waals surface area contributed by atoms with E-state index >= 15 is 0 Å². The highest BCUT2D eigenvalue weighted by molar-refractivity contribution is 6.00. The summed E-state index contributed by atoms with van der Waals surface area (Å²) in [5.74, 6) is -1.86. The molecule has 3 nitrogen and oxygen atoms in total. The molecule has 1 aliphatic heterocycles. The number of hydrogen-bond acceptors (Lipinski definition) is 3. The largest absolute Gasteiger partial charge is 0.454 e. The van der Waals surface area contributed by atoms with Crippen LogP contribution in [0.3, 0.4) is 0 Å². The van der Waals surface area contributed by atoms with E-state index in [0.29, 0.717) is 18.8 Å². The van der Waals surface area contributed by atoms with Gasteiger partial charge in [0.05, 0.1) is 13.2 Å². The number of halogens is 3. The molecular weight excluding hydrogens is 237 g/mol. The van der Waals surface area contributed by atoms with Gasteiger partial charge in [-0.15, -0.1) is 0 Å². The maximum Gasteiger partial charge on any atom is 0.454 e. The van der Waals surface area contributed by atoms with Crippen LogP contribution >= 0.6 is 0 Å². The summed E-state index contributed by atoms with van der Waals surface area (Å²) in [5.41, 5.74) is 0.00620. The molecule has 1 saturated heterocycles. The Kier molecular flexibility index (Phi) is 3.17. The molecule has 1 aromatic carbocycles. The third-order valence-corrected chi connectivity index (χ3v) is 2.30. The first-order valence-corrected chi connectivity index (χ1v) is 4.93. The fourth-order valence-corrected chi connectivity index (χ4v) is 1.54. The number of hydrogen-bond donors (Lipinski definition) is 0. The minimum Gasteiger partial charge on any atom is -0.346 e. The highest BCUT2D eigenvalue weighted by atomic mass is 19.4. The molecule has 1 fully saturated rings. The second kappa shape index (κ2) is 4.46. The maximum absolute atomic E-state index is 12.2. The molecule has 0 spiro atoms. The zero-order valence-electron chi connectivity index (χ0n) is 8.66. The fourth-order valence-electron chi connectivity index (χ4n) is 1.54. The average Bonchev–Trinajstić information content (AvgIpc) is 2.80. The maximum atomic E-state index is 12.2. The first-order valence-electron chi connectivity index (χ1n) is 4.93. The van der Waals surface area contributed by atoms with Crippen molar-refractivity contribution in [2.24, 2.45) is 0 Å². The van der Waals surface area contributed by atoms with Gasteiger partial charge in [0.25, 0.3) is 5.78 Å². The van der Waals surface area contributed by atoms with Gasteiger partial charge < -0.3 is 9.47 Å². The van der Waals surface area contributed by atoms with Crippen LogP contribution in [0, 0.1) is 0 Å². The van der Waals surface area contributed by atoms with Crippen molar-refractivity contribution in [3.8, 4) is 0 Å². The Morgan fingerprint density at radius 2 is 1.88 bits per heavy atom. The quantitative estimate of drug-likeness (QED) is 0.752. The normalized spacial score (nSPS) is 17.4. The van der Waals surface area contributed by atoms with Crippen molar-refractivity contribution in [3.05, 3.63) is 35.4 Å². The molecule has 1 aromatic rings. The van der Waals surface area contributed by atoms with Crippen molar-refractivity contribution in [2.45, 2.75) is 12.5 Å². The van der Waals surface area contributed by atoms with Crippen LogP contribution in [0.2, 0.25) is 0 Å². The first-order chi connectivity index (χ1) is 7.98. The minimum atomic E-state index is -4.87. The standard InChI is InChI=1S/C11H9F3O3/c12-11(13,14)9(15)7-2-1-3-8(6-7)10-16-4-5-17-10/h1-3,6,10H,4-5H2. The number of benzene rings is 1. The summed E-state index contributed by atoms with van der Waals surface area (Å²) in [6, 6.07) is 5.20. The molecular formula is C11H9F3O3. The zero-order chi connectivity index (χ0) is 12.5. The van der Waals surface area contributed by atoms with Crippen molar-refractivity contribution >= 4 is 5.78 Å². The van der Waals surface area contributed by atoms with E-state index in [1.54, 1.807) is 6.07 Å². The molecule has 1 heterocycles. The van der Waals surface area contributed by atoms with Crippen LogP contribution in [-0.2, 0) is 9.47 Å². The van der Waals surface area contributed by atoms with Crippen molar-refractivity contribution in [1.29, 1.82) is 0 Å². The van der Waals surface area contributed by atoms with E-state index in [4.69, 9.17) is 9.47 Å². The minimum absolute atomic E-state index is 0.391. The average molecular weight is 246 g/mol. The SMILES string of the molecule is O=C(c1cccc(C2OCCO2)c1)C(F)(F)F. The van der Waals surface area contributed by atoms with E-state index < -0.39 is 23.8 Å². The Hall–Kier alpha value is -1.40. The molecule has 0 N–H and O–H groups in total. The smallest absolute Gasteiger partial charge is 0.346 e. The second-order valence-electron chi connectivity index (χ2n) is 3.53. The third-order valence-electron chi connectivity index (χ3n) is 2.30. The van der Waals surface area contributed by atoms with Crippen molar-refractivity contribution < 1.29 is 27.4 Å². The van der Waals surface area contributed by atoms with Crippen LogP contribution in [0.4, 0.5) is 13.2 Å². The summed E-state index contributed by atoms with van der Waals surface area (Å²) in [6.07, 6.45) is -5.55. The van der Waals surface area contributed by atoms with E-state index in [9.17, 15) is 18.0 Å². The number of rotatable bonds is 2. The number of alkyl halides is 3. The summed E-state index contributed by atoms with van der Waals surface area (Å²) in [4.78, 5) is 11.0. The van der Waals surface area contributed by atoms with E-state index in [2.05, 4.69) is 0 Å². The van der Waals surface area contributed by atoms with Gasteiger partial charge in [0.1, 0.15) is 0 Å². The van der Waals surface area contributed by atoms with Crippen molar-refractivity contribution in [2.75, 3.05) is 13.2 Å². The molecule has 0 aliphatic carbocycles. The number of Topliss-reactive ketones (excluding diaryl/α,β-unsaturated/α-hetero) is 1. The molecule has 6 heteroatoms. The predicted molar refractivity (Wildman–Crippen MR) is 51.5 cm³/mol. The highest BCUT2D eigenvalue weighted by Crippen LogP contribution is 2.26. The van der Waals surface area contributed by atoms with Crippen LogP contribution in [0.1, 0.15) is 22.2 Å². The third kappa shape index (κ3) is 2.65. The van der Waals surface area contributed by atoms with Crippen molar-refractivity contribution in [3.63, 3.8) is 0 Å². The van der Waals surface area contributed by atoms with Gasteiger partial charge in [0.15, 0.2) is 6.29 Å². The monoisotopic (exact) mass is 246 g/mol. The molecule has 0 bridgehead atoms. The van der Waals surface area contributed by atoms with E-state index in [0.717, 1.165) is 12.1 Å². The van der Waals surface area contributed by atoms with Crippen LogP contribution in [-0.4, -0.2) is 25.2 Å². The lowest BCUT2D eigenvalue weighted by Gasteiger charge is -2.11. The Balaban J connectivity index is 2.25. The number of ketones is 1. The summed E-state index contributed by atoms with van der Waals surface area (Å²) in [5, 5.41) is 0. The molecule has 0 unspecified atom stereocenters. The molecule has 92 valence electrons. The van der Waals surface area contributed by atoms with Gasteiger partial charge in [0.2, 0.25) is 0 Å². The Bertz CT molecular complexity index is 422. The zero-order valence-corrected chi connectivity index (χ0v) is 8.66. The lowest BCUT2D eigenvalue weighted by atomic mass is 10.1. The molecule has 0 amide bonds. The Labute approximate surface area is 95.1 Å². The lowest BCUT2D eigenvalue weighted by Crippen LogP contribution is -2.22. The van der Waals surface area contributed by atoms with Gasteiger partial charge >= 0.3 is 6.18 Å². The van der Waals surface area contributed by atoms with Gasteiger partial charge in [-0.2, -0.15) is 13.2 Å². The van der Waals surface area contributed by atoms with E-state index in [-0.39, 0.29) is 0 Å². The number of carbonyl (C=O) groups excluding carboxylic acids is 1. The topological polar surface area (TPSA) is 35.5 Å². The van der Waals surface area contributed by atoms with Gasteiger partial charge in [-0.3, -0.25) is 4.79 Å². The lowest BCUT2D eigenvalue weighted by molar-refractivity contribution is -0.0886. The number of carbonyl (C=O) groups is 1. The van der Waals surface area contributed by atoms with Gasteiger partial charge in [-0.25, -0.2) is 0 Å². The van der Waals surface area contributed by atoms with Crippen LogP contribution in [0.15, 0.2) is 24.3 Å². The fraction of sp³-hybridized carbons (Fsp3) is 0.364. The summed E-state index contributed by atoms with van der Waals surface area (Å²) in [6.45, 7) is 0.782. The van der Waals surface area contributed by atoms with E-state index in [1.165, 1.54) is 6.07 Å². The predicted octanol–water partition coefficient (Wildman–Crippen LogP) is 2.48. The summed E-state index contributed by atoms with van der Waals surface area (Å²) in [7, 11) is 0. The van der Waals surface area contributed by atoms with Gasteiger partial charge in [-0.05, 0) is 6.07 Å². The molecule has 0 saturated carbocycles. The van der Waals surface area contributed by atoms with Crippen LogP contribution < -0.4 is 0 Å². The van der Waals surface area contributed by atoms with Crippen LogP contribution in [0.5, 0.6) is 0 Å². The Morgan fingerprint density at radius 3 is 2.47 bits per heavy atom. The van der Waals surface area contributed by atoms with Crippen molar-refractivity contribution in [1.82, 2.24) is 0 Å². The van der Waals surface area contributed by atoms with Gasteiger partial charge in [0, 0.05) is 11.1 Å². The summed E-state index contributed by atoms with van der Waals surface area (Å²) >= 11 is 0. The first kappa shape index (κ1) is 12.1. The molecule has 17 heavy (non-hydrogen) atoms. The highest BCUT2D eigenvalue weighted by Gasteiger charge is 2.39. The van der Waals surface area contributed by atoms with E-state index in [1.807, 2.05) is 0 Å². The molecule has 0 aromatic heterocycles. The number of ether oxygens (including phenoxy) is 2. The molecule has 0 radical (unpaired) electrons. The second-order valence-corrected chi connectivity index (χ2v) is 3.53. The Morgan fingerprint density at radius 1 is 1.24 bits per heavy atom. The molecule has 0 atom stereocenters. The van der Waals surface area contributed by atoms with Crippen LogP contribution in [0.25, 0.3) is 0 Å². The molecule has 1 aliphatic rings. The molecule has 2 rings (SSSR count). The summed E-state index contributed by atoms with van der Waals surface area (Å²) < 4.78 is 47.0.